The number of alkyl halides is 3. The third kappa shape index (κ3) is 2.23. The van der Waals surface area contributed by atoms with Gasteiger partial charge in [-0.3, -0.25) is 4.98 Å². The van der Waals surface area contributed by atoms with E-state index in [9.17, 15) is 13.2 Å². The molecule has 0 aromatic carbocycles. The summed E-state index contributed by atoms with van der Waals surface area (Å²) < 4.78 is 41.4. The zero-order valence-electron chi connectivity index (χ0n) is 10.7. The third-order valence-electron chi connectivity index (χ3n) is 3.08. The molecule has 0 radical (unpaired) electrons. The molecule has 0 N–H and O–H groups in total. The highest BCUT2D eigenvalue weighted by Crippen LogP contribution is 2.41. The topological polar surface area (TPSA) is 43.6 Å². The van der Waals surface area contributed by atoms with Crippen LogP contribution in [0.4, 0.5) is 13.2 Å². The number of aryl methyl sites for hydroxylation is 1. The number of aromatic nitrogens is 4. The fourth-order valence-electron chi connectivity index (χ4n) is 2.14. The molecular weight excluding hydrogens is 305 g/mol. The van der Waals surface area contributed by atoms with Gasteiger partial charge >= 0.3 is 6.18 Å². The monoisotopic (exact) mass is 312 g/mol. The molecule has 0 fully saturated rings. The molecule has 4 nitrogen and oxygen atoms in total. The first-order valence-corrected chi connectivity index (χ1v) is 6.24. The Hall–Kier alpha value is -2.15. The second-order valence-corrected chi connectivity index (χ2v) is 4.84. The Morgan fingerprint density at radius 1 is 1.19 bits per heavy atom. The number of hydrogen-bond donors (Lipinski definition) is 0. The van der Waals surface area contributed by atoms with Crippen LogP contribution in [0.5, 0.6) is 0 Å². The third-order valence-corrected chi connectivity index (χ3v) is 3.38. The lowest BCUT2D eigenvalue weighted by molar-refractivity contribution is -0.137. The van der Waals surface area contributed by atoms with Gasteiger partial charge in [-0.25, -0.2) is 9.97 Å². The predicted octanol–water partition coefficient (Wildman–Crippen LogP) is 3.70. The second kappa shape index (κ2) is 4.70. The Morgan fingerprint density at radius 2 is 1.95 bits per heavy atom. The molecule has 0 aliphatic rings. The van der Waals surface area contributed by atoms with E-state index in [0.717, 1.165) is 6.20 Å². The van der Waals surface area contributed by atoms with Crippen molar-refractivity contribution < 1.29 is 13.2 Å². The Kier molecular flexibility index (Phi) is 3.09. The van der Waals surface area contributed by atoms with E-state index in [1.165, 1.54) is 24.8 Å². The van der Waals surface area contributed by atoms with Gasteiger partial charge in [-0.2, -0.15) is 13.2 Å². The number of hydrogen-bond acceptors (Lipinski definition) is 3. The van der Waals surface area contributed by atoms with Gasteiger partial charge in [-0.05, 0) is 6.07 Å². The maximum atomic E-state index is 13.3. The predicted molar refractivity (Wildman–Crippen MR) is 71.8 cm³/mol. The summed E-state index contributed by atoms with van der Waals surface area (Å²) in [5.74, 6) is 0. The van der Waals surface area contributed by atoms with Crippen molar-refractivity contribution in [1.82, 2.24) is 19.5 Å². The molecule has 3 rings (SSSR count). The first-order chi connectivity index (χ1) is 9.89. The van der Waals surface area contributed by atoms with E-state index in [-0.39, 0.29) is 21.7 Å². The van der Waals surface area contributed by atoms with Crippen LogP contribution in [0.3, 0.4) is 0 Å². The van der Waals surface area contributed by atoms with Crippen LogP contribution >= 0.6 is 11.6 Å². The van der Waals surface area contributed by atoms with Crippen molar-refractivity contribution in [3.05, 3.63) is 41.6 Å². The minimum Gasteiger partial charge on any atom is -0.318 e. The molecule has 0 saturated carbocycles. The minimum absolute atomic E-state index is 0.0829. The lowest BCUT2D eigenvalue weighted by atomic mass is 10.0. The standard InChI is InChI=1S/C13H8ClF3N4/c1-21-6-20-11-10(7-2-3-18-5-9(7)14)8(13(15,16)17)4-19-12(11)21/h2-6H,1H3. The maximum absolute atomic E-state index is 13.3. The van der Waals surface area contributed by atoms with Gasteiger partial charge in [0.05, 0.1) is 16.9 Å². The highest BCUT2D eigenvalue weighted by atomic mass is 35.5. The maximum Gasteiger partial charge on any atom is 0.418 e. The molecule has 0 aliphatic heterocycles. The number of imidazole rings is 1. The van der Waals surface area contributed by atoms with Gasteiger partial charge in [0.1, 0.15) is 5.52 Å². The molecule has 21 heavy (non-hydrogen) atoms. The molecule has 0 aliphatic carbocycles. The summed E-state index contributed by atoms with van der Waals surface area (Å²) in [5.41, 5.74) is -0.223. The number of rotatable bonds is 1. The molecule has 0 atom stereocenters. The minimum atomic E-state index is -4.55. The van der Waals surface area contributed by atoms with Crippen molar-refractivity contribution in [1.29, 1.82) is 0 Å². The van der Waals surface area contributed by atoms with Crippen molar-refractivity contribution >= 4 is 22.8 Å². The average Bonchev–Trinajstić information content (AvgIpc) is 2.79. The molecule has 3 heterocycles. The second-order valence-electron chi connectivity index (χ2n) is 4.43. The summed E-state index contributed by atoms with van der Waals surface area (Å²) >= 11 is 6.00. The van der Waals surface area contributed by atoms with Crippen LogP contribution in [0.15, 0.2) is 31.0 Å². The van der Waals surface area contributed by atoms with E-state index in [0.29, 0.717) is 5.65 Å². The van der Waals surface area contributed by atoms with Crippen molar-refractivity contribution in [2.75, 3.05) is 0 Å². The molecule has 8 heteroatoms. The van der Waals surface area contributed by atoms with Gasteiger partial charge in [-0.1, -0.05) is 11.6 Å². The Labute approximate surface area is 122 Å². The Bertz CT molecular complexity index is 826. The van der Waals surface area contributed by atoms with Crippen LogP contribution in [-0.2, 0) is 13.2 Å². The number of fused-ring (bicyclic) bond motifs is 1. The summed E-state index contributed by atoms with van der Waals surface area (Å²) in [6.45, 7) is 0. The SMILES string of the molecule is Cn1cnc2c(-c3ccncc3Cl)c(C(F)(F)F)cnc21. The lowest BCUT2D eigenvalue weighted by Gasteiger charge is -2.14. The van der Waals surface area contributed by atoms with Crippen LogP contribution in [0, 0.1) is 0 Å². The van der Waals surface area contributed by atoms with Crippen LogP contribution in [-0.4, -0.2) is 19.5 Å². The van der Waals surface area contributed by atoms with Crippen molar-refractivity contribution in [3.8, 4) is 11.1 Å². The number of halogens is 4. The molecule has 3 aromatic rings. The molecule has 0 unspecified atom stereocenters. The fourth-order valence-corrected chi connectivity index (χ4v) is 2.35. The quantitative estimate of drug-likeness (QED) is 0.688. The smallest absolute Gasteiger partial charge is 0.318 e. The van der Waals surface area contributed by atoms with E-state index in [1.54, 1.807) is 11.6 Å². The lowest BCUT2D eigenvalue weighted by Crippen LogP contribution is -2.09. The summed E-state index contributed by atoms with van der Waals surface area (Å²) in [5, 5.41) is 0.126. The molecular formula is C13H8ClF3N4. The summed E-state index contributed by atoms with van der Waals surface area (Å²) in [4.78, 5) is 11.7. The van der Waals surface area contributed by atoms with Crippen molar-refractivity contribution in [3.63, 3.8) is 0 Å². The zero-order valence-corrected chi connectivity index (χ0v) is 11.4. The molecule has 0 spiro atoms. The molecule has 0 bridgehead atoms. The normalized spacial score (nSPS) is 12.0. The largest absolute Gasteiger partial charge is 0.418 e. The zero-order chi connectivity index (χ0) is 15.2. The van der Waals surface area contributed by atoms with E-state index < -0.39 is 11.7 Å². The summed E-state index contributed by atoms with van der Waals surface area (Å²) in [6.07, 6.45) is 0.343. The van der Waals surface area contributed by atoms with Gasteiger partial charge in [0.25, 0.3) is 0 Å². The number of pyridine rings is 2. The van der Waals surface area contributed by atoms with E-state index in [1.807, 2.05) is 0 Å². The highest BCUT2D eigenvalue weighted by Gasteiger charge is 2.36. The van der Waals surface area contributed by atoms with Crippen LogP contribution < -0.4 is 0 Å². The molecule has 3 aromatic heterocycles. The highest BCUT2D eigenvalue weighted by molar-refractivity contribution is 6.33. The van der Waals surface area contributed by atoms with E-state index in [4.69, 9.17) is 11.6 Å². The first kappa shape index (κ1) is 13.8. The average molecular weight is 313 g/mol. The Balaban J connectivity index is 2.45. The number of nitrogens with zero attached hydrogens (tertiary/aromatic N) is 4. The van der Waals surface area contributed by atoms with E-state index >= 15 is 0 Å². The molecule has 108 valence electrons. The fraction of sp³-hybridized carbons (Fsp3) is 0.154. The van der Waals surface area contributed by atoms with Gasteiger partial charge in [-0.15, -0.1) is 0 Å². The summed E-state index contributed by atoms with van der Waals surface area (Å²) in [7, 11) is 1.66. The Morgan fingerprint density at radius 3 is 2.62 bits per heavy atom. The van der Waals surface area contributed by atoms with Crippen LogP contribution in [0.1, 0.15) is 5.56 Å². The summed E-state index contributed by atoms with van der Waals surface area (Å²) in [6, 6.07) is 1.43. The van der Waals surface area contributed by atoms with Gasteiger partial charge in [0, 0.05) is 36.8 Å². The van der Waals surface area contributed by atoms with Crippen LogP contribution in [0.25, 0.3) is 22.3 Å². The first-order valence-electron chi connectivity index (χ1n) is 5.86. The van der Waals surface area contributed by atoms with Crippen molar-refractivity contribution in [2.45, 2.75) is 6.18 Å². The van der Waals surface area contributed by atoms with Crippen LogP contribution in [0.2, 0.25) is 5.02 Å². The molecule has 0 saturated heterocycles. The van der Waals surface area contributed by atoms with Crippen molar-refractivity contribution in [2.24, 2.45) is 7.05 Å². The molecule has 0 amide bonds. The van der Waals surface area contributed by atoms with Gasteiger partial charge in [0.15, 0.2) is 5.65 Å². The van der Waals surface area contributed by atoms with E-state index in [2.05, 4.69) is 15.0 Å². The van der Waals surface area contributed by atoms with Gasteiger partial charge in [0.2, 0.25) is 0 Å². The van der Waals surface area contributed by atoms with Gasteiger partial charge < -0.3 is 4.57 Å².